The van der Waals surface area contributed by atoms with Crippen molar-refractivity contribution in [1.29, 1.82) is 0 Å². The van der Waals surface area contributed by atoms with Crippen LogP contribution in [0.3, 0.4) is 0 Å². The molecule has 2 aromatic rings. The minimum atomic E-state index is -3.66. The van der Waals surface area contributed by atoms with Crippen molar-refractivity contribution in [2.45, 2.75) is 68.9 Å². The van der Waals surface area contributed by atoms with Crippen LogP contribution in [0.25, 0.3) is 0 Å². The van der Waals surface area contributed by atoms with E-state index < -0.39 is 16.0 Å². The molecule has 0 N–H and O–H groups in total. The van der Waals surface area contributed by atoms with Gasteiger partial charge in [0.1, 0.15) is 12.7 Å². The lowest BCUT2D eigenvalue weighted by Gasteiger charge is -2.60. The van der Waals surface area contributed by atoms with Gasteiger partial charge >= 0.3 is 5.97 Å². The second kappa shape index (κ2) is 11.4. The monoisotopic (exact) mass is 594 g/mol. The molecule has 2 fully saturated rings. The Labute approximate surface area is 249 Å². The predicted molar refractivity (Wildman–Crippen MR) is 161 cm³/mol. The number of piperidine rings is 1. The summed E-state index contributed by atoms with van der Waals surface area (Å²) in [4.78, 5) is 15.0. The van der Waals surface area contributed by atoms with Gasteiger partial charge in [0.05, 0.1) is 11.8 Å². The first-order valence-corrected chi connectivity index (χ1v) is 16.7. The van der Waals surface area contributed by atoms with Crippen LogP contribution in [-0.2, 0) is 37.1 Å². The fourth-order valence-corrected chi connectivity index (χ4v) is 10.2. The molecule has 226 valence electrons. The van der Waals surface area contributed by atoms with Crippen molar-refractivity contribution in [2.75, 3.05) is 33.4 Å². The number of benzene rings is 2. The molecule has 2 aromatic carbocycles. The molecule has 6 rings (SSSR count). The minimum absolute atomic E-state index is 0.0476. The fourth-order valence-electron chi connectivity index (χ4n) is 8.31. The number of rotatable bonds is 11. The Kier molecular flexibility index (Phi) is 7.98. The number of sulfonamides is 1. The van der Waals surface area contributed by atoms with Gasteiger partial charge in [-0.2, -0.15) is 4.31 Å². The Morgan fingerprint density at radius 1 is 1.21 bits per heavy atom. The number of methoxy groups -OCH3 is 1. The maximum atomic E-state index is 14.2. The van der Waals surface area contributed by atoms with Crippen LogP contribution >= 0.6 is 0 Å². The van der Waals surface area contributed by atoms with Gasteiger partial charge in [-0.25, -0.2) is 13.2 Å². The number of hydrogen-bond donors (Lipinski definition) is 0. The molecule has 2 unspecified atom stereocenters. The van der Waals surface area contributed by atoms with Crippen molar-refractivity contribution in [3.05, 3.63) is 71.8 Å². The molecule has 2 heterocycles. The Balaban J connectivity index is 1.45. The number of carbonyl (C=O) groups excluding carboxylic acids is 1. The topological polar surface area (TPSA) is 85.4 Å². The maximum absolute atomic E-state index is 14.2. The average Bonchev–Trinajstić information content (AvgIpc) is 3.30. The lowest BCUT2D eigenvalue weighted by atomic mass is 9.51. The van der Waals surface area contributed by atoms with Crippen LogP contribution in [-0.4, -0.2) is 75.1 Å². The first-order valence-electron chi connectivity index (χ1n) is 15.1. The van der Waals surface area contributed by atoms with E-state index in [4.69, 9.17) is 14.2 Å². The molecule has 1 saturated heterocycles. The van der Waals surface area contributed by atoms with Gasteiger partial charge in [0.15, 0.2) is 11.5 Å². The van der Waals surface area contributed by atoms with Crippen LogP contribution in [0.4, 0.5) is 0 Å². The van der Waals surface area contributed by atoms with E-state index in [1.54, 1.807) is 4.31 Å². The second-order valence-corrected chi connectivity index (χ2v) is 14.6. The molecule has 0 radical (unpaired) electrons. The standard InChI is InChI=1S/C33H42N2O6S/c1-5-16-34-17-15-33-25-12-13-26(35(19-22(2)3)42(37,38)21-23-9-7-6-8-10-23)32(33)41-31-28(40-29(36)20-39-4)14-11-24(30(31)33)18-27(25)34/h5-11,14,22,25-27,32H,1,12-13,15-21H2,2-4H3/t25-,26?,27+,32?,33-/m0/s1. The largest absolute Gasteiger partial charge is 0.484 e. The van der Waals surface area contributed by atoms with Crippen molar-refractivity contribution in [3.8, 4) is 11.5 Å². The highest BCUT2D eigenvalue weighted by Crippen LogP contribution is 2.64. The van der Waals surface area contributed by atoms with E-state index in [0.29, 0.717) is 30.0 Å². The van der Waals surface area contributed by atoms with Gasteiger partial charge in [0.2, 0.25) is 10.0 Å². The van der Waals surface area contributed by atoms with E-state index in [0.717, 1.165) is 49.9 Å². The second-order valence-electron chi connectivity index (χ2n) is 12.7. The Hall–Kier alpha value is -2.72. The maximum Gasteiger partial charge on any atom is 0.337 e. The lowest BCUT2D eigenvalue weighted by molar-refractivity contribution is -0.138. The lowest BCUT2D eigenvalue weighted by Crippen LogP contribution is -2.69. The number of nitrogens with zero attached hydrogens (tertiary/aromatic N) is 2. The van der Waals surface area contributed by atoms with Gasteiger partial charge in [0, 0.05) is 37.2 Å². The third-order valence-corrected chi connectivity index (χ3v) is 11.5. The summed E-state index contributed by atoms with van der Waals surface area (Å²) in [5.74, 6) is 0.923. The van der Waals surface area contributed by atoms with Gasteiger partial charge in [-0.3, -0.25) is 4.90 Å². The SMILES string of the molecule is C=CCN1CC[C@]23c4c5ccc(OC(=O)COC)c4OC2C(N(CC(C)C)S(=O)(=O)Cc2ccccc2)CC[C@H]3[C@H]1C5. The number of ether oxygens (including phenoxy) is 3. The van der Waals surface area contributed by atoms with Gasteiger partial charge < -0.3 is 14.2 Å². The summed E-state index contributed by atoms with van der Waals surface area (Å²) < 4.78 is 47.9. The number of esters is 1. The van der Waals surface area contributed by atoms with Gasteiger partial charge in [-0.1, -0.05) is 56.3 Å². The van der Waals surface area contributed by atoms with E-state index in [2.05, 4.69) is 31.4 Å². The van der Waals surface area contributed by atoms with Crippen LogP contribution in [0.2, 0.25) is 0 Å². The molecule has 8 nitrogen and oxygen atoms in total. The average molecular weight is 595 g/mol. The van der Waals surface area contributed by atoms with Gasteiger partial charge in [-0.05, 0) is 61.3 Å². The summed E-state index contributed by atoms with van der Waals surface area (Å²) in [5.41, 5.74) is 2.76. The third-order valence-electron chi connectivity index (χ3n) is 9.70. The van der Waals surface area contributed by atoms with E-state index in [-0.39, 0.29) is 35.8 Å². The molecule has 5 atom stereocenters. The zero-order valence-corrected chi connectivity index (χ0v) is 25.6. The van der Waals surface area contributed by atoms with Crippen LogP contribution in [0.15, 0.2) is 55.1 Å². The highest BCUT2D eigenvalue weighted by molar-refractivity contribution is 7.88. The first-order chi connectivity index (χ1) is 20.2. The van der Waals surface area contributed by atoms with Crippen LogP contribution in [0.5, 0.6) is 11.5 Å². The minimum Gasteiger partial charge on any atom is -0.484 e. The van der Waals surface area contributed by atoms with Crippen LogP contribution in [0.1, 0.15) is 49.8 Å². The Morgan fingerprint density at radius 3 is 2.71 bits per heavy atom. The van der Waals surface area contributed by atoms with Crippen molar-refractivity contribution in [1.82, 2.24) is 9.21 Å². The summed E-state index contributed by atoms with van der Waals surface area (Å²) in [5, 5.41) is 0. The highest BCUT2D eigenvalue weighted by Gasteiger charge is 2.67. The van der Waals surface area contributed by atoms with Crippen molar-refractivity contribution < 1.29 is 27.4 Å². The summed E-state index contributed by atoms with van der Waals surface area (Å²) in [6.07, 6.45) is 4.98. The molecule has 4 aliphatic rings. The smallest absolute Gasteiger partial charge is 0.337 e. The molecule has 0 aromatic heterocycles. The molecule has 2 bridgehead atoms. The van der Waals surface area contributed by atoms with Crippen molar-refractivity contribution >= 4 is 16.0 Å². The molecule has 42 heavy (non-hydrogen) atoms. The summed E-state index contributed by atoms with van der Waals surface area (Å²) >= 11 is 0. The molecule has 1 saturated carbocycles. The number of carbonyl (C=O) groups is 1. The summed E-state index contributed by atoms with van der Waals surface area (Å²) in [6, 6.07) is 13.3. The van der Waals surface area contributed by atoms with Crippen LogP contribution < -0.4 is 9.47 Å². The van der Waals surface area contributed by atoms with E-state index in [1.807, 2.05) is 42.5 Å². The molecule has 2 aliphatic carbocycles. The van der Waals surface area contributed by atoms with Gasteiger partial charge in [0.25, 0.3) is 0 Å². The van der Waals surface area contributed by atoms with Crippen molar-refractivity contribution in [2.24, 2.45) is 11.8 Å². The summed E-state index contributed by atoms with van der Waals surface area (Å²) in [7, 11) is -2.20. The molecule has 2 aliphatic heterocycles. The number of likely N-dealkylation sites (tertiary alicyclic amines) is 1. The first kappa shape index (κ1) is 29.4. The predicted octanol–water partition coefficient (Wildman–Crippen LogP) is 4.32. The Morgan fingerprint density at radius 2 is 2.00 bits per heavy atom. The Bertz CT molecular complexity index is 1440. The highest BCUT2D eigenvalue weighted by atomic mass is 32.2. The molecule has 9 heteroatoms. The van der Waals surface area contributed by atoms with E-state index in [1.165, 1.54) is 12.7 Å². The molecule has 1 spiro atoms. The number of hydrogen-bond acceptors (Lipinski definition) is 7. The van der Waals surface area contributed by atoms with Crippen molar-refractivity contribution in [3.63, 3.8) is 0 Å². The quantitative estimate of drug-likeness (QED) is 0.218. The normalized spacial score (nSPS) is 27.9. The summed E-state index contributed by atoms with van der Waals surface area (Å²) in [6.45, 7) is 10.1. The zero-order valence-electron chi connectivity index (χ0n) is 24.8. The van der Waals surface area contributed by atoms with Gasteiger partial charge in [-0.15, -0.1) is 6.58 Å². The van der Waals surface area contributed by atoms with E-state index in [9.17, 15) is 13.2 Å². The van der Waals surface area contributed by atoms with Crippen LogP contribution in [0, 0.1) is 11.8 Å². The van der Waals surface area contributed by atoms with E-state index >= 15 is 0 Å². The molecule has 0 amide bonds. The third kappa shape index (κ3) is 4.88. The zero-order chi connectivity index (χ0) is 29.6. The molecular formula is C33H42N2O6S. The molecular weight excluding hydrogens is 552 g/mol. The fraction of sp³-hybridized carbons (Fsp3) is 0.545.